The summed E-state index contributed by atoms with van der Waals surface area (Å²) in [4.78, 5) is 0.221. The highest BCUT2D eigenvalue weighted by molar-refractivity contribution is 7.86. The summed E-state index contributed by atoms with van der Waals surface area (Å²) in [5, 5.41) is 0. The maximum absolute atomic E-state index is 12.1. The number of rotatable bonds is 9. The van der Waals surface area contributed by atoms with Crippen LogP contribution >= 0.6 is 0 Å². The number of aryl methyl sites for hydroxylation is 1. The van der Waals surface area contributed by atoms with E-state index in [-0.39, 0.29) is 17.1 Å². The molecule has 0 aromatic heterocycles. The van der Waals surface area contributed by atoms with Gasteiger partial charge in [0.25, 0.3) is 10.1 Å². The number of hydrogen-bond donors (Lipinski definition) is 0. The Labute approximate surface area is 134 Å². The normalized spacial score (nSPS) is 21.5. The van der Waals surface area contributed by atoms with E-state index in [4.69, 9.17) is 8.92 Å². The predicted octanol–water partition coefficient (Wildman–Crippen LogP) is 3.83. The van der Waals surface area contributed by atoms with E-state index in [2.05, 4.69) is 6.92 Å². The first-order chi connectivity index (χ1) is 10.5. The average Bonchev–Trinajstić information content (AvgIpc) is 2.45. The van der Waals surface area contributed by atoms with Gasteiger partial charge in [0.1, 0.15) is 0 Å². The minimum absolute atomic E-state index is 0.0208. The molecule has 1 aromatic rings. The molecule has 0 amide bonds. The molecule has 5 heteroatoms. The van der Waals surface area contributed by atoms with Crippen LogP contribution in [0.1, 0.15) is 51.0 Å². The molecule has 0 aliphatic carbocycles. The number of unbranched alkanes of at least 4 members (excludes halogenated alkanes) is 1. The molecule has 1 fully saturated rings. The molecule has 2 rings (SSSR count). The van der Waals surface area contributed by atoms with Gasteiger partial charge in [0, 0.05) is 0 Å². The molecule has 4 nitrogen and oxygen atoms in total. The van der Waals surface area contributed by atoms with Crippen LogP contribution in [0.4, 0.5) is 0 Å². The van der Waals surface area contributed by atoms with Crippen molar-refractivity contribution in [3.63, 3.8) is 0 Å². The van der Waals surface area contributed by atoms with Gasteiger partial charge in [-0.25, -0.2) is 0 Å². The fourth-order valence-electron chi connectivity index (χ4n) is 2.74. The molecule has 1 aliphatic heterocycles. The fourth-order valence-corrected chi connectivity index (χ4v) is 3.69. The maximum atomic E-state index is 12.1. The zero-order chi connectivity index (χ0) is 16.1. The van der Waals surface area contributed by atoms with E-state index < -0.39 is 10.1 Å². The Bertz CT molecular complexity index is 559. The zero-order valence-corrected chi connectivity index (χ0v) is 14.3. The van der Waals surface area contributed by atoms with Gasteiger partial charge in [0.15, 0.2) is 0 Å². The van der Waals surface area contributed by atoms with Crippen molar-refractivity contribution in [3.05, 3.63) is 29.8 Å². The Morgan fingerprint density at radius 3 is 2.36 bits per heavy atom. The third-order valence-corrected chi connectivity index (χ3v) is 5.60. The van der Waals surface area contributed by atoms with Crippen LogP contribution in [0.25, 0.3) is 0 Å². The molecule has 1 saturated heterocycles. The molecule has 0 N–H and O–H groups in total. The van der Waals surface area contributed by atoms with Crippen LogP contribution < -0.4 is 0 Å². The van der Waals surface area contributed by atoms with Gasteiger partial charge in [-0.3, -0.25) is 4.18 Å². The number of benzene rings is 1. The zero-order valence-electron chi connectivity index (χ0n) is 13.5. The van der Waals surface area contributed by atoms with Crippen LogP contribution in [0.15, 0.2) is 29.2 Å². The lowest BCUT2D eigenvalue weighted by Gasteiger charge is -2.42. The topological polar surface area (TPSA) is 52.6 Å². The summed E-state index contributed by atoms with van der Waals surface area (Å²) < 4.78 is 35.0. The SMILES string of the molecule is CCCCC1(CCCOS(=O)(=O)c2ccc(C)cc2)CCO1. The summed E-state index contributed by atoms with van der Waals surface area (Å²) in [5.74, 6) is 0. The van der Waals surface area contributed by atoms with Crippen molar-refractivity contribution in [1.82, 2.24) is 0 Å². The Kier molecular flexibility index (Phi) is 6.01. The minimum Gasteiger partial charge on any atom is -0.375 e. The van der Waals surface area contributed by atoms with E-state index in [1.54, 1.807) is 24.3 Å². The van der Waals surface area contributed by atoms with Crippen LogP contribution in [0.3, 0.4) is 0 Å². The fraction of sp³-hybridized carbons (Fsp3) is 0.647. The highest BCUT2D eigenvalue weighted by atomic mass is 32.2. The molecule has 1 unspecified atom stereocenters. The smallest absolute Gasteiger partial charge is 0.296 e. The third kappa shape index (κ3) is 4.54. The van der Waals surface area contributed by atoms with Crippen molar-refractivity contribution < 1.29 is 17.3 Å². The third-order valence-electron chi connectivity index (χ3n) is 4.28. The molecule has 0 saturated carbocycles. The van der Waals surface area contributed by atoms with Crippen molar-refractivity contribution in [3.8, 4) is 0 Å². The molecule has 22 heavy (non-hydrogen) atoms. The van der Waals surface area contributed by atoms with Crippen molar-refractivity contribution in [2.24, 2.45) is 0 Å². The summed E-state index contributed by atoms with van der Waals surface area (Å²) in [6.07, 6.45) is 6.03. The minimum atomic E-state index is -3.64. The Hall–Kier alpha value is -0.910. The molecule has 0 bridgehead atoms. The first-order valence-electron chi connectivity index (χ1n) is 8.07. The standard InChI is InChI=1S/C17H26O4S/c1-3-4-10-17(12-14-20-17)11-5-13-21-22(18,19)16-8-6-15(2)7-9-16/h6-9H,3-5,10-14H2,1-2H3. The first kappa shape index (κ1) is 17.4. The van der Waals surface area contributed by atoms with E-state index in [1.807, 2.05) is 6.92 Å². The largest absolute Gasteiger partial charge is 0.375 e. The van der Waals surface area contributed by atoms with Crippen LogP contribution in [-0.4, -0.2) is 27.2 Å². The highest BCUT2D eigenvalue weighted by Gasteiger charge is 2.36. The predicted molar refractivity (Wildman–Crippen MR) is 86.4 cm³/mol. The summed E-state index contributed by atoms with van der Waals surface area (Å²) in [6, 6.07) is 6.72. The van der Waals surface area contributed by atoms with Crippen LogP contribution in [0, 0.1) is 6.92 Å². The maximum Gasteiger partial charge on any atom is 0.296 e. The summed E-state index contributed by atoms with van der Waals surface area (Å²) >= 11 is 0. The van der Waals surface area contributed by atoms with Gasteiger partial charge in [-0.15, -0.1) is 0 Å². The van der Waals surface area contributed by atoms with Crippen LogP contribution in [0.5, 0.6) is 0 Å². The van der Waals surface area contributed by atoms with E-state index >= 15 is 0 Å². The first-order valence-corrected chi connectivity index (χ1v) is 9.48. The highest BCUT2D eigenvalue weighted by Crippen LogP contribution is 2.36. The molecular formula is C17H26O4S. The van der Waals surface area contributed by atoms with Gasteiger partial charge in [0.05, 0.1) is 23.7 Å². The Balaban J connectivity index is 1.79. The van der Waals surface area contributed by atoms with E-state index in [9.17, 15) is 8.42 Å². The second-order valence-corrected chi connectivity index (χ2v) is 7.69. The molecule has 0 spiro atoms. The van der Waals surface area contributed by atoms with E-state index in [1.165, 1.54) is 0 Å². The lowest BCUT2D eigenvalue weighted by molar-refractivity contribution is -0.158. The van der Waals surface area contributed by atoms with Gasteiger partial charge < -0.3 is 4.74 Å². The van der Waals surface area contributed by atoms with Gasteiger partial charge in [-0.1, -0.05) is 37.5 Å². The summed E-state index contributed by atoms with van der Waals surface area (Å²) in [6.45, 7) is 5.13. The summed E-state index contributed by atoms with van der Waals surface area (Å²) in [7, 11) is -3.64. The molecule has 1 atom stereocenters. The van der Waals surface area contributed by atoms with Crippen molar-refractivity contribution in [2.45, 2.75) is 62.9 Å². The van der Waals surface area contributed by atoms with Crippen molar-refractivity contribution >= 4 is 10.1 Å². The van der Waals surface area contributed by atoms with Crippen LogP contribution in [-0.2, 0) is 19.0 Å². The lowest BCUT2D eigenvalue weighted by Crippen LogP contribution is -2.43. The average molecular weight is 326 g/mol. The number of hydrogen-bond acceptors (Lipinski definition) is 4. The van der Waals surface area contributed by atoms with Gasteiger partial charge in [-0.2, -0.15) is 8.42 Å². The van der Waals surface area contributed by atoms with E-state index in [0.29, 0.717) is 6.42 Å². The van der Waals surface area contributed by atoms with Gasteiger partial charge in [0.2, 0.25) is 0 Å². The van der Waals surface area contributed by atoms with Gasteiger partial charge in [-0.05, 0) is 44.7 Å². The molecule has 1 aliphatic rings. The van der Waals surface area contributed by atoms with Crippen LogP contribution in [0.2, 0.25) is 0 Å². The van der Waals surface area contributed by atoms with Crippen molar-refractivity contribution in [1.29, 1.82) is 0 Å². The van der Waals surface area contributed by atoms with Gasteiger partial charge >= 0.3 is 0 Å². The molecule has 1 heterocycles. The molecule has 124 valence electrons. The Morgan fingerprint density at radius 2 is 1.82 bits per heavy atom. The Morgan fingerprint density at radius 1 is 1.18 bits per heavy atom. The van der Waals surface area contributed by atoms with E-state index in [0.717, 1.165) is 44.3 Å². The summed E-state index contributed by atoms with van der Waals surface area (Å²) in [5.41, 5.74) is 1.01. The molecule has 0 radical (unpaired) electrons. The number of ether oxygens (including phenoxy) is 1. The molecular weight excluding hydrogens is 300 g/mol. The molecule has 1 aromatic carbocycles. The quantitative estimate of drug-likeness (QED) is 0.511. The van der Waals surface area contributed by atoms with Crippen molar-refractivity contribution in [2.75, 3.05) is 13.2 Å². The second-order valence-electron chi connectivity index (χ2n) is 6.08. The second kappa shape index (κ2) is 7.57. The lowest BCUT2D eigenvalue weighted by atomic mass is 9.85. The monoisotopic (exact) mass is 326 g/mol.